The van der Waals surface area contributed by atoms with E-state index in [0.717, 1.165) is 19.3 Å². The molecule has 0 bridgehead atoms. The van der Waals surface area contributed by atoms with E-state index in [1.165, 1.54) is 0 Å². The topological polar surface area (TPSA) is 63.6 Å². The van der Waals surface area contributed by atoms with E-state index in [2.05, 4.69) is 23.3 Å². The Balaban J connectivity index is 3.35. The molecule has 0 saturated heterocycles. The van der Waals surface area contributed by atoms with Crippen molar-refractivity contribution in [1.29, 1.82) is 0 Å². The lowest BCUT2D eigenvalue weighted by Gasteiger charge is -1.96. The third-order valence-electron chi connectivity index (χ3n) is 1.59. The van der Waals surface area contributed by atoms with Crippen molar-refractivity contribution in [3.05, 3.63) is 24.3 Å². The minimum absolute atomic E-state index is 0.0218. The highest BCUT2D eigenvalue weighted by molar-refractivity contribution is 7.80. The van der Waals surface area contributed by atoms with Crippen molar-refractivity contribution in [3.8, 4) is 0 Å². The van der Waals surface area contributed by atoms with Crippen LogP contribution in [0.1, 0.15) is 32.6 Å². The van der Waals surface area contributed by atoms with Crippen molar-refractivity contribution < 1.29 is 17.2 Å². The molecule has 0 aliphatic rings. The number of rotatable bonds is 8. The van der Waals surface area contributed by atoms with Crippen LogP contribution in [0.25, 0.3) is 0 Å². The van der Waals surface area contributed by atoms with E-state index in [9.17, 15) is 8.42 Å². The van der Waals surface area contributed by atoms with Gasteiger partial charge in [-0.05, 0) is 25.7 Å². The van der Waals surface area contributed by atoms with Crippen LogP contribution in [0.2, 0.25) is 0 Å². The minimum Gasteiger partial charge on any atom is -0.264 e. The first-order chi connectivity index (χ1) is 7.06. The van der Waals surface area contributed by atoms with Gasteiger partial charge in [0.15, 0.2) is 0 Å². The Bertz CT molecular complexity index is 291. The van der Waals surface area contributed by atoms with Gasteiger partial charge in [-0.25, -0.2) is 4.18 Å². The van der Waals surface area contributed by atoms with Crippen LogP contribution in [-0.2, 0) is 14.6 Å². The lowest BCUT2D eigenvalue weighted by atomic mass is 10.2. The average Bonchev–Trinajstić information content (AvgIpc) is 2.14. The fraction of sp³-hybridized carbons (Fsp3) is 0.600. The Morgan fingerprint density at radius 3 is 2.47 bits per heavy atom. The molecule has 5 heteroatoms. The molecular weight excluding hydrogens is 216 g/mol. The summed E-state index contributed by atoms with van der Waals surface area (Å²) in [5.41, 5.74) is 0. The van der Waals surface area contributed by atoms with Gasteiger partial charge in [-0.3, -0.25) is 4.55 Å². The monoisotopic (exact) mass is 234 g/mol. The van der Waals surface area contributed by atoms with Gasteiger partial charge in [0, 0.05) is 0 Å². The summed E-state index contributed by atoms with van der Waals surface area (Å²) in [6.07, 6.45) is 11.4. The maximum Gasteiger partial charge on any atom is 0.397 e. The standard InChI is InChI=1S/C10H18O4S/c1-2-3-4-5-6-7-8-9-10-14-15(11,12)13/h3-4,6-7H,2,5,8-10H2,1H3,(H,11,12,13)/b4-3-,7-6-. The van der Waals surface area contributed by atoms with Gasteiger partial charge in [-0.2, -0.15) is 8.42 Å². The van der Waals surface area contributed by atoms with Crippen LogP contribution in [0.5, 0.6) is 0 Å². The van der Waals surface area contributed by atoms with E-state index in [4.69, 9.17) is 4.55 Å². The third kappa shape index (κ3) is 13.3. The van der Waals surface area contributed by atoms with Crippen molar-refractivity contribution >= 4 is 10.4 Å². The Labute approximate surface area is 91.6 Å². The van der Waals surface area contributed by atoms with Gasteiger partial charge in [0.25, 0.3) is 0 Å². The molecule has 0 amide bonds. The van der Waals surface area contributed by atoms with Gasteiger partial charge in [0.1, 0.15) is 0 Å². The maximum atomic E-state index is 10.1. The van der Waals surface area contributed by atoms with Crippen LogP contribution in [0.3, 0.4) is 0 Å². The molecule has 0 aromatic carbocycles. The Morgan fingerprint density at radius 2 is 1.87 bits per heavy atom. The van der Waals surface area contributed by atoms with Crippen LogP contribution in [0.4, 0.5) is 0 Å². The van der Waals surface area contributed by atoms with Gasteiger partial charge in [-0.15, -0.1) is 0 Å². The highest BCUT2D eigenvalue weighted by atomic mass is 32.3. The molecule has 0 atom stereocenters. The summed E-state index contributed by atoms with van der Waals surface area (Å²) in [7, 11) is -4.26. The summed E-state index contributed by atoms with van der Waals surface area (Å²) >= 11 is 0. The molecule has 0 aromatic rings. The molecule has 0 fully saturated rings. The SMILES string of the molecule is CC/C=C\C/C=C\CCCOS(=O)(=O)O. The quantitative estimate of drug-likeness (QED) is 0.398. The Kier molecular flexibility index (Phi) is 8.27. The van der Waals surface area contributed by atoms with Crippen LogP contribution in [0.15, 0.2) is 24.3 Å². The van der Waals surface area contributed by atoms with Crippen LogP contribution in [0, 0.1) is 0 Å². The molecule has 0 heterocycles. The van der Waals surface area contributed by atoms with Crippen molar-refractivity contribution in [2.24, 2.45) is 0 Å². The summed E-state index contributed by atoms with van der Waals surface area (Å²) in [4.78, 5) is 0. The summed E-state index contributed by atoms with van der Waals surface area (Å²) < 4.78 is 32.7. The molecule has 4 nitrogen and oxygen atoms in total. The van der Waals surface area contributed by atoms with Gasteiger partial charge in [-0.1, -0.05) is 31.2 Å². The molecule has 15 heavy (non-hydrogen) atoms. The Morgan fingerprint density at radius 1 is 1.20 bits per heavy atom. The maximum absolute atomic E-state index is 10.1. The van der Waals surface area contributed by atoms with Crippen molar-refractivity contribution in [2.45, 2.75) is 32.6 Å². The predicted octanol–water partition coefficient (Wildman–Crippen LogP) is 2.50. The zero-order valence-corrected chi connectivity index (χ0v) is 9.74. The van der Waals surface area contributed by atoms with Gasteiger partial charge >= 0.3 is 10.4 Å². The number of unbranched alkanes of at least 4 members (excludes halogenated alkanes) is 1. The summed E-state index contributed by atoms with van der Waals surface area (Å²) in [6, 6.07) is 0. The molecule has 0 unspecified atom stereocenters. The van der Waals surface area contributed by atoms with Crippen molar-refractivity contribution in [2.75, 3.05) is 6.61 Å². The van der Waals surface area contributed by atoms with Gasteiger partial charge < -0.3 is 0 Å². The highest BCUT2D eigenvalue weighted by Gasteiger charge is 2.01. The molecule has 0 radical (unpaired) electrons. The smallest absolute Gasteiger partial charge is 0.264 e. The number of hydrogen-bond acceptors (Lipinski definition) is 3. The number of hydrogen-bond donors (Lipinski definition) is 1. The van der Waals surface area contributed by atoms with E-state index in [-0.39, 0.29) is 6.61 Å². The average molecular weight is 234 g/mol. The fourth-order valence-electron chi connectivity index (χ4n) is 0.921. The summed E-state index contributed by atoms with van der Waals surface area (Å²) in [6.45, 7) is 2.10. The van der Waals surface area contributed by atoms with Gasteiger partial charge in [0.05, 0.1) is 6.61 Å². The van der Waals surface area contributed by atoms with Crippen molar-refractivity contribution in [3.63, 3.8) is 0 Å². The molecule has 0 aliphatic heterocycles. The van der Waals surface area contributed by atoms with Crippen LogP contribution >= 0.6 is 0 Å². The molecule has 0 rings (SSSR count). The van der Waals surface area contributed by atoms with E-state index >= 15 is 0 Å². The highest BCUT2D eigenvalue weighted by Crippen LogP contribution is 1.97. The van der Waals surface area contributed by atoms with E-state index in [1.807, 2.05) is 12.2 Å². The second-order valence-electron chi connectivity index (χ2n) is 2.98. The predicted molar refractivity (Wildman–Crippen MR) is 59.9 cm³/mol. The summed E-state index contributed by atoms with van der Waals surface area (Å²) in [5, 5.41) is 0. The van der Waals surface area contributed by atoms with E-state index in [0.29, 0.717) is 6.42 Å². The lowest BCUT2D eigenvalue weighted by molar-refractivity contribution is 0.265. The summed E-state index contributed by atoms with van der Waals surface area (Å²) in [5.74, 6) is 0. The minimum atomic E-state index is -4.26. The van der Waals surface area contributed by atoms with Crippen molar-refractivity contribution in [1.82, 2.24) is 0 Å². The molecule has 88 valence electrons. The molecule has 0 aliphatic carbocycles. The Hall–Kier alpha value is -0.650. The first-order valence-corrected chi connectivity index (χ1v) is 6.34. The third-order valence-corrected chi connectivity index (χ3v) is 2.05. The second kappa shape index (κ2) is 8.64. The molecule has 0 spiro atoms. The van der Waals surface area contributed by atoms with Gasteiger partial charge in [0.2, 0.25) is 0 Å². The molecular formula is C10H18O4S. The zero-order chi connectivity index (χ0) is 11.6. The first kappa shape index (κ1) is 14.3. The molecule has 1 N–H and O–H groups in total. The largest absolute Gasteiger partial charge is 0.397 e. The van der Waals surface area contributed by atoms with Crippen LogP contribution in [-0.4, -0.2) is 19.6 Å². The second-order valence-corrected chi connectivity index (χ2v) is 4.07. The molecule has 0 saturated carbocycles. The zero-order valence-electron chi connectivity index (χ0n) is 8.93. The number of allylic oxidation sites excluding steroid dienone is 4. The lowest BCUT2D eigenvalue weighted by Crippen LogP contribution is -2.04. The normalized spacial score (nSPS) is 12.9. The fourth-order valence-corrected chi connectivity index (χ4v) is 1.25. The van der Waals surface area contributed by atoms with Crippen LogP contribution < -0.4 is 0 Å². The first-order valence-electron chi connectivity index (χ1n) is 4.98. The molecule has 0 aromatic heterocycles. The van der Waals surface area contributed by atoms with E-state index < -0.39 is 10.4 Å². The van der Waals surface area contributed by atoms with E-state index in [1.54, 1.807) is 0 Å².